The van der Waals surface area contributed by atoms with Gasteiger partial charge in [0.05, 0.1) is 18.8 Å². The number of nitrogens with two attached hydrogens (primary N) is 1. The number of ketones is 1. The number of Topliss-reactive ketones (excluding diaryl/α,β-unsaturated/α-hetero) is 1. The topological polar surface area (TPSA) is 83.5 Å². The number of rotatable bonds is 30. The highest BCUT2D eigenvalue weighted by Gasteiger charge is 2.17. The summed E-state index contributed by atoms with van der Waals surface area (Å²) in [4.78, 5) is 13.0. The van der Waals surface area contributed by atoms with Crippen molar-refractivity contribution >= 4 is 5.78 Å². The summed E-state index contributed by atoms with van der Waals surface area (Å²) < 4.78 is 0. The normalized spacial score (nSPS) is 14.2. The monoisotopic (exact) mass is 538 g/mol. The summed E-state index contributed by atoms with van der Waals surface area (Å²) in [6.45, 7) is 4.29. The van der Waals surface area contributed by atoms with Crippen molar-refractivity contribution in [1.29, 1.82) is 0 Å². The molecule has 226 valence electrons. The molecular formula is C34H67NO3. The number of hydrogen-bond acceptors (Lipinski definition) is 4. The van der Waals surface area contributed by atoms with Crippen molar-refractivity contribution in [3.05, 3.63) is 12.2 Å². The molecule has 4 heteroatoms. The van der Waals surface area contributed by atoms with Crippen LogP contribution < -0.4 is 5.73 Å². The third-order valence-corrected chi connectivity index (χ3v) is 8.04. The molecule has 0 saturated heterocycles. The van der Waals surface area contributed by atoms with Crippen LogP contribution in [0.1, 0.15) is 174 Å². The molecule has 0 bridgehead atoms. The first-order valence-corrected chi connectivity index (χ1v) is 16.8. The molecule has 0 saturated carbocycles. The first kappa shape index (κ1) is 37.3. The molecule has 0 rings (SSSR count). The Morgan fingerprint density at radius 3 is 1.47 bits per heavy atom. The van der Waals surface area contributed by atoms with Crippen LogP contribution in [-0.4, -0.2) is 34.7 Å². The van der Waals surface area contributed by atoms with Crippen LogP contribution in [0.4, 0.5) is 0 Å². The maximum Gasteiger partial charge on any atom is 0.136 e. The molecule has 0 fully saturated rings. The highest BCUT2D eigenvalue weighted by atomic mass is 16.3. The molecule has 4 N–H and O–H groups in total. The Kier molecular flexibility index (Phi) is 28.7. The number of carbonyl (C=O) groups is 1. The van der Waals surface area contributed by atoms with Gasteiger partial charge in [0, 0.05) is 12.3 Å². The molecule has 0 aromatic rings. The zero-order chi connectivity index (χ0) is 28.1. The van der Waals surface area contributed by atoms with Gasteiger partial charge in [0.25, 0.3) is 0 Å². The van der Waals surface area contributed by atoms with E-state index in [4.69, 9.17) is 10.8 Å². The fraction of sp³-hybridized carbons (Fsp3) is 0.912. The van der Waals surface area contributed by atoms with Crippen molar-refractivity contribution in [3.8, 4) is 0 Å². The van der Waals surface area contributed by atoms with E-state index in [1.165, 1.54) is 122 Å². The average Bonchev–Trinajstić information content (AvgIpc) is 2.92. The highest BCUT2D eigenvalue weighted by Crippen LogP contribution is 2.21. The van der Waals surface area contributed by atoms with Crippen LogP contribution in [0.2, 0.25) is 0 Å². The lowest BCUT2D eigenvalue weighted by molar-refractivity contribution is -0.123. The van der Waals surface area contributed by atoms with Gasteiger partial charge in [-0.1, -0.05) is 161 Å². The molecule has 3 atom stereocenters. The molecule has 0 aliphatic carbocycles. The molecule has 38 heavy (non-hydrogen) atoms. The summed E-state index contributed by atoms with van der Waals surface area (Å²) in [5.41, 5.74) is 5.70. The standard InChI is InChI=1S/C34H67NO3/c1-3-5-7-9-11-13-14-15-16-18-20-22-24-28-33(37)31(27-25-29-34(38)32(35)30-36)26-23-21-19-17-12-10-8-6-4-2/h25,29,31-32,34,36,38H,3-24,26-28,30,35H2,1-2H3/b29-25+/t31?,32-,34+/m0/s1. The summed E-state index contributed by atoms with van der Waals surface area (Å²) >= 11 is 0. The van der Waals surface area contributed by atoms with E-state index in [-0.39, 0.29) is 12.5 Å². The summed E-state index contributed by atoms with van der Waals surface area (Å²) in [6.07, 6.45) is 33.8. The van der Waals surface area contributed by atoms with E-state index in [0.29, 0.717) is 18.6 Å². The Bertz CT molecular complexity index is 522. The maximum atomic E-state index is 13.0. The van der Waals surface area contributed by atoms with Gasteiger partial charge in [-0.05, 0) is 19.3 Å². The Hall–Kier alpha value is -0.710. The molecule has 0 aromatic heterocycles. The number of allylic oxidation sites excluding steroid dienone is 1. The number of unbranched alkanes of at least 4 members (excludes halogenated alkanes) is 20. The molecule has 0 radical (unpaired) electrons. The van der Waals surface area contributed by atoms with Crippen LogP contribution in [0.3, 0.4) is 0 Å². The van der Waals surface area contributed by atoms with E-state index in [0.717, 1.165) is 25.7 Å². The predicted octanol–water partition coefficient (Wildman–Crippen LogP) is 9.20. The van der Waals surface area contributed by atoms with Gasteiger partial charge in [-0.25, -0.2) is 0 Å². The summed E-state index contributed by atoms with van der Waals surface area (Å²) in [5.74, 6) is 0.434. The zero-order valence-corrected chi connectivity index (χ0v) is 25.7. The molecule has 0 aliphatic rings. The third kappa shape index (κ3) is 24.3. The zero-order valence-electron chi connectivity index (χ0n) is 25.7. The smallest absolute Gasteiger partial charge is 0.136 e. The van der Waals surface area contributed by atoms with Crippen LogP contribution in [-0.2, 0) is 4.79 Å². The predicted molar refractivity (Wildman–Crippen MR) is 165 cm³/mol. The Labute approximate surface area is 237 Å². The van der Waals surface area contributed by atoms with Crippen molar-refractivity contribution in [1.82, 2.24) is 0 Å². The Balaban J connectivity index is 4.14. The minimum Gasteiger partial charge on any atom is -0.395 e. The number of hydrogen-bond donors (Lipinski definition) is 3. The van der Waals surface area contributed by atoms with Gasteiger partial charge in [0.1, 0.15) is 5.78 Å². The molecule has 1 unspecified atom stereocenters. The van der Waals surface area contributed by atoms with E-state index in [1.807, 2.05) is 6.08 Å². The van der Waals surface area contributed by atoms with Crippen LogP contribution in [0.5, 0.6) is 0 Å². The molecule has 0 heterocycles. The lowest BCUT2D eigenvalue weighted by Gasteiger charge is -2.16. The summed E-state index contributed by atoms with van der Waals surface area (Å²) in [6, 6.07) is -0.663. The molecule has 0 aromatic carbocycles. The largest absolute Gasteiger partial charge is 0.395 e. The minimum absolute atomic E-state index is 0.0469. The van der Waals surface area contributed by atoms with Crippen LogP contribution >= 0.6 is 0 Å². The molecule has 0 amide bonds. The molecule has 0 spiro atoms. The van der Waals surface area contributed by atoms with E-state index in [2.05, 4.69) is 13.8 Å². The first-order chi connectivity index (χ1) is 18.6. The second-order valence-corrected chi connectivity index (χ2v) is 11.8. The Morgan fingerprint density at radius 2 is 1.05 bits per heavy atom. The quantitative estimate of drug-likeness (QED) is 0.0630. The van der Waals surface area contributed by atoms with Gasteiger partial charge in [0.15, 0.2) is 0 Å². The second-order valence-electron chi connectivity index (χ2n) is 11.8. The van der Waals surface area contributed by atoms with E-state index in [1.54, 1.807) is 6.08 Å². The summed E-state index contributed by atoms with van der Waals surface area (Å²) in [7, 11) is 0. The van der Waals surface area contributed by atoms with E-state index < -0.39 is 12.1 Å². The maximum absolute atomic E-state index is 13.0. The molecule has 0 aliphatic heterocycles. The number of carbonyl (C=O) groups excluding carboxylic acids is 1. The van der Waals surface area contributed by atoms with Crippen molar-refractivity contribution in [2.75, 3.05) is 6.61 Å². The van der Waals surface area contributed by atoms with Crippen LogP contribution in [0.25, 0.3) is 0 Å². The lowest BCUT2D eigenvalue weighted by atomic mass is 9.90. The lowest BCUT2D eigenvalue weighted by Crippen LogP contribution is -2.36. The van der Waals surface area contributed by atoms with Gasteiger partial charge in [0.2, 0.25) is 0 Å². The van der Waals surface area contributed by atoms with Crippen LogP contribution in [0, 0.1) is 5.92 Å². The minimum atomic E-state index is -0.857. The van der Waals surface area contributed by atoms with Gasteiger partial charge < -0.3 is 15.9 Å². The Morgan fingerprint density at radius 1 is 0.658 bits per heavy atom. The molecular weight excluding hydrogens is 470 g/mol. The first-order valence-electron chi connectivity index (χ1n) is 16.8. The van der Waals surface area contributed by atoms with Crippen molar-refractivity contribution in [3.63, 3.8) is 0 Å². The van der Waals surface area contributed by atoms with E-state index >= 15 is 0 Å². The number of aliphatic hydroxyl groups excluding tert-OH is 2. The average molecular weight is 538 g/mol. The van der Waals surface area contributed by atoms with Crippen molar-refractivity contribution in [2.45, 2.75) is 187 Å². The fourth-order valence-electron chi connectivity index (χ4n) is 5.27. The van der Waals surface area contributed by atoms with Crippen molar-refractivity contribution < 1.29 is 15.0 Å². The second kappa shape index (κ2) is 29.3. The van der Waals surface area contributed by atoms with Gasteiger partial charge in [-0.15, -0.1) is 0 Å². The number of aliphatic hydroxyl groups is 2. The fourth-order valence-corrected chi connectivity index (χ4v) is 5.27. The SMILES string of the molecule is CCCCCCCCCCCCCCCC(=O)C(C/C=C/[C@@H](O)[C@@H](N)CO)CCCCCCCCCCC. The van der Waals surface area contributed by atoms with E-state index in [9.17, 15) is 9.90 Å². The third-order valence-electron chi connectivity index (χ3n) is 8.04. The van der Waals surface area contributed by atoms with Gasteiger partial charge in [-0.2, -0.15) is 0 Å². The molecule has 4 nitrogen and oxygen atoms in total. The van der Waals surface area contributed by atoms with Crippen molar-refractivity contribution in [2.24, 2.45) is 11.7 Å². The highest BCUT2D eigenvalue weighted by molar-refractivity contribution is 5.81. The summed E-state index contributed by atoms with van der Waals surface area (Å²) in [5, 5.41) is 19.1. The van der Waals surface area contributed by atoms with Gasteiger partial charge in [-0.3, -0.25) is 4.79 Å². The van der Waals surface area contributed by atoms with Gasteiger partial charge >= 0.3 is 0 Å². The van der Waals surface area contributed by atoms with Crippen LogP contribution in [0.15, 0.2) is 12.2 Å².